The summed E-state index contributed by atoms with van der Waals surface area (Å²) in [6, 6.07) is 6.32. The van der Waals surface area contributed by atoms with Crippen LogP contribution in [0.2, 0.25) is 0 Å². The first kappa shape index (κ1) is 8.98. The van der Waals surface area contributed by atoms with Crippen molar-refractivity contribution in [2.75, 3.05) is 0 Å². The fraction of sp³-hybridized carbons (Fsp3) is 0.364. The second-order valence-electron chi connectivity index (χ2n) is 3.05. The number of benzene rings is 1. The van der Waals surface area contributed by atoms with E-state index in [0.29, 0.717) is 6.42 Å². The van der Waals surface area contributed by atoms with Crippen LogP contribution in [0.5, 0.6) is 0 Å². The van der Waals surface area contributed by atoms with Crippen LogP contribution in [0.1, 0.15) is 23.6 Å². The lowest BCUT2D eigenvalue weighted by Crippen LogP contribution is -1.90. The molecule has 12 heavy (non-hydrogen) atoms. The van der Waals surface area contributed by atoms with Crippen molar-refractivity contribution in [2.45, 2.75) is 26.7 Å². The zero-order valence-corrected chi connectivity index (χ0v) is 7.63. The van der Waals surface area contributed by atoms with E-state index in [1.165, 1.54) is 11.1 Å². The van der Waals surface area contributed by atoms with E-state index in [0.717, 1.165) is 18.3 Å². The molecule has 1 rings (SSSR count). The Morgan fingerprint density at radius 1 is 1.25 bits per heavy atom. The summed E-state index contributed by atoms with van der Waals surface area (Å²) in [6.45, 7) is 4.19. The lowest BCUT2D eigenvalue weighted by molar-refractivity contribution is -0.107. The van der Waals surface area contributed by atoms with Gasteiger partial charge in [0.2, 0.25) is 0 Å². The Labute approximate surface area is 73.4 Å². The molecule has 1 aromatic carbocycles. The molecule has 1 aromatic rings. The zero-order valence-electron chi connectivity index (χ0n) is 7.63. The first-order chi connectivity index (χ1) is 5.76. The van der Waals surface area contributed by atoms with Crippen molar-refractivity contribution in [3.8, 4) is 0 Å². The maximum absolute atomic E-state index is 10.3. The lowest BCUT2D eigenvalue weighted by atomic mass is 10.0. The minimum Gasteiger partial charge on any atom is -0.303 e. The smallest absolute Gasteiger partial charge is 0.124 e. The monoisotopic (exact) mass is 162 g/mol. The maximum atomic E-state index is 10.3. The number of carbonyl (C=O) groups is 1. The van der Waals surface area contributed by atoms with Gasteiger partial charge >= 0.3 is 0 Å². The third-order valence-electron chi connectivity index (χ3n) is 1.92. The van der Waals surface area contributed by atoms with E-state index < -0.39 is 0 Å². The molecule has 0 saturated carbocycles. The van der Waals surface area contributed by atoms with Crippen molar-refractivity contribution >= 4 is 6.29 Å². The maximum Gasteiger partial charge on any atom is 0.124 e. The Morgan fingerprint density at radius 2 is 1.92 bits per heavy atom. The Kier molecular flexibility index (Phi) is 3.03. The third kappa shape index (κ3) is 2.19. The van der Waals surface area contributed by atoms with Crippen molar-refractivity contribution < 1.29 is 4.79 Å². The van der Waals surface area contributed by atoms with Crippen molar-refractivity contribution in [2.24, 2.45) is 0 Å². The second-order valence-corrected chi connectivity index (χ2v) is 3.05. The molecule has 0 atom stereocenters. The average molecular weight is 162 g/mol. The molecule has 0 bridgehead atoms. The first-order valence-corrected chi connectivity index (χ1v) is 4.29. The predicted molar refractivity (Wildman–Crippen MR) is 50.3 cm³/mol. The second kappa shape index (κ2) is 4.05. The Hall–Kier alpha value is -1.11. The molecule has 0 aromatic heterocycles. The van der Waals surface area contributed by atoms with Gasteiger partial charge in [-0.15, -0.1) is 0 Å². The number of carbonyl (C=O) groups excluding carboxylic acids is 1. The summed E-state index contributed by atoms with van der Waals surface area (Å²) in [5, 5.41) is 0. The predicted octanol–water partition coefficient (Wildman–Crippen LogP) is 2.30. The van der Waals surface area contributed by atoms with E-state index in [2.05, 4.69) is 32.0 Å². The van der Waals surface area contributed by atoms with Crippen LogP contribution in [0.3, 0.4) is 0 Å². The molecule has 0 N–H and O–H groups in total. The van der Waals surface area contributed by atoms with Gasteiger partial charge in [0.25, 0.3) is 0 Å². The van der Waals surface area contributed by atoms with Gasteiger partial charge in [-0.25, -0.2) is 0 Å². The molecular formula is C11H14O. The van der Waals surface area contributed by atoms with Gasteiger partial charge in [-0.3, -0.25) is 0 Å². The number of aryl methyl sites for hydroxylation is 2. The molecule has 0 spiro atoms. The molecular weight excluding hydrogens is 148 g/mol. The number of rotatable bonds is 3. The summed E-state index contributed by atoms with van der Waals surface area (Å²) >= 11 is 0. The van der Waals surface area contributed by atoms with Crippen LogP contribution in [0.15, 0.2) is 18.2 Å². The Balaban J connectivity index is 2.97. The van der Waals surface area contributed by atoms with Crippen molar-refractivity contribution in [1.82, 2.24) is 0 Å². The highest BCUT2D eigenvalue weighted by molar-refractivity contribution is 5.55. The average Bonchev–Trinajstić information content (AvgIpc) is 2.04. The van der Waals surface area contributed by atoms with Crippen LogP contribution in [0, 0.1) is 6.92 Å². The number of aldehydes is 1. The van der Waals surface area contributed by atoms with E-state index in [9.17, 15) is 4.79 Å². The first-order valence-electron chi connectivity index (χ1n) is 4.29. The molecule has 0 aliphatic rings. The quantitative estimate of drug-likeness (QED) is 0.623. The van der Waals surface area contributed by atoms with Crippen molar-refractivity contribution in [1.29, 1.82) is 0 Å². The van der Waals surface area contributed by atoms with Crippen LogP contribution in [-0.4, -0.2) is 6.29 Å². The summed E-state index contributed by atoms with van der Waals surface area (Å²) in [6.07, 6.45) is 2.52. The summed E-state index contributed by atoms with van der Waals surface area (Å²) in [5.41, 5.74) is 3.68. The highest BCUT2D eigenvalue weighted by atomic mass is 16.1. The summed E-state index contributed by atoms with van der Waals surface area (Å²) < 4.78 is 0. The molecule has 0 heterocycles. The largest absolute Gasteiger partial charge is 0.303 e. The fourth-order valence-electron chi connectivity index (χ4n) is 1.37. The molecule has 0 amide bonds. The van der Waals surface area contributed by atoms with E-state index in [-0.39, 0.29) is 0 Å². The molecule has 0 aliphatic heterocycles. The molecule has 0 aliphatic carbocycles. The summed E-state index contributed by atoms with van der Waals surface area (Å²) in [4.78, 5) is 10.3. The molecule has 0 saturated heterocycles. The van der Waals surface area contributed by atoms with E-state index in [1.807, 2.05) is 0 Å². The molecule has 0 radical (unpaired) electrons. The lowest BCUT2D eigenvalue weighted by Gasteiger charge is -2.02. The van der Waals surface area contributed by atoms with E-state index in [4.69, 9.17) is 0 Å². The molecule has 64 valence electrons. The Bertz CT molecular complexity index is 276. The van der Waals surface area contributed by atoms with Crippen LogP contribution >= 0.6 is 0 Å². The SMILES string of the molecule is CCc1cc(C)cc(CC=O)c1. The van der Waals surface area contributed by atoms with Gasteiger partial charge in [0.05, 0.1) is 0 Å². The number of hydrogen-bond acceptors (Lipinski definition) is 1. The normalized spacial score (nSPS) is 9.83. The third-order valence-corrected chi connectivity index (χ3v) is 1.92. The highest BCUT2D eigenvalue weighted by Gasteiger charge is 1.95. The van der Waals surface area contributed by atoms with Gasteiger partial charge < -0.3 is 4.79 Å². The van der Waals surface area contributed by atoms with Crippen molar-refractivity contribution in [3.63, 3.8) is 0 Å². The van der Waals surface area contributed by atoms with Crippen molar-refractivity contribution in [3.05, 3.63) is 34.9 Å². The van der Waals surface area contributed by atoms with Gasteiger partial charge in [0.1, 0.15) is 6.29 Å². The molecule has 0 unspecified atom stereocenters. The standard InChI is InChI=1S/C11H14O/c1-3-10-6-9(2)7-11(8-10)4-5-12/h5-8H,3-4H2,1-2H3. The van der Waals surface area contributed by atoms with Gasteiger partial charge in [-0.2, -0.15) is 0 Å². The minimum atomic E-state index is 0.536. The fourth-order valence-corrected chi connectivity index (χ4v) is 1.37. The van der Waals surface area contributed by atoms with Gasteiger partial charge in [0, 0.05) is 6.42 Å². The van der Waals surface area contributed by atoms with E-state index >= 15 is 0 Å². The van der Waals surface area contributed by atoms with Crippen LogP contribution in [-0.2, 0) is 17.6 Å². The topological polar surface area (TPSA) is 17.1 Å². The molecule has 1 nitrogen and oxygen atoms in total. The van der Waals surface area contributed by atoms with Crippen LogP contribution in [0.25, 0.3) is 0 Å². The zero-order chi connectivity index (χ0) is 8.97. The van der Waals surface area contributed by atoms with Crippen LogP contribution < -0.4 is 0 Å². The molecule has 1 heteroatoms. The Morgan fingerprint density at radius 3 is 2.50 bits per heavy atom. The van der Waals surface area contributed by atoms with Gasteiger partial charge in [-0.1, -0.05) is 30.7 Å². The summed E-state index contributed by atoms with van der Waals surface area (Å²) in [7, 11) is 0. The van der Waals surface area contributed by atoms with E-state index in [1.54, 1.807) is 0 Å². The van der Waals surface area contributed by atoms with Gasteiger partial charge in [0.15, 0.2) is 0 Å². The van der Waals surface area contributed by atoms with Gasteiger partial charge in [-0.05, 0) is 24.5 Å². The minimum absolute atomic E-state index is 0.536. The summed E-state index contributed by atoms with van der Waals surface area (Å²) in [5.74, 6) is 0. The molecule has 0 fully saturated rings. The van der Waals surface area contributed by atoms with Crippen LogP contribution in [0.4, 0.5) is 0 Å². The number of hydrogen-bond donors (Lipinski definition) is 0. The highest BCUT2D eigenvalue weighted by Crippen LogP contribution is 2.10.